The predicted molar refractivity (Wildman–Crippen MR) is 310 cm³/mol. The van der Waals surface area contributed by atoms with Crippen LogP contribution in [0.3, 0.4) is 0 Å². The Kier molecular flexibility index (Phi) is 19.5. The van der Waals surface area contributed by atoms with Gasteiger partial charge in [0, 0.05) is 56.8 Å². The van der Waals surface area contributed by atoms with Crippen LogP contribution in [0.25, 0.3) is 0 Å². The first-order valence-electron chi connectivity index (χ1n) is 32.3. The van der Waals surface area contributed by atoms with Gasteiger partial charge in [0.1, 0.15) is 17.8 Å². The number of hydrogen-bond acceptors (Lipinski definition) is 17. The molecule has 0 bridgehead atoms. The van der Waals surface area contributed by atoms with Gasteiger partial charge < -0.3 is 77.6 Å². The highest BCUT2D eigenvalue weighted by Crippen LogP contribution is 2.54. The average molecular weight is 1200 g/mol. The molecule has 10 rings (SSSR count). The van der Waals surface area contributed by atoms with Crippen molar-refractivity contribution in [2.45, 2.75) is 323 Å². The summed E-state index contributed by atoms with van der Waals surface area (Å²) in [5, 5.41) is 54.4. The number of aliphatic carboxylic acids is 2. The van der Waals surface area contributed by atoms with Crippen LogP contribution in [0, 0.1) is 29.6 Å². The SMILES string of the molecule is C=C1C[C@H]2O[C@@H]3[C@@H](C[C@]2(C)O[C@@H]1C/C(C)=C/[C@@H](C)COC(=O)C[C@@H](C)CC(=O)O)O[C@H]1C[C@H]2O[C@H]4CC[C@H]5O[C@H]6C[C@H]7O[C@@H](C[C@@H](O)C[C@@H]8C[C@@H](C)[C@@H]([C@@H](C)CC(=O)O)O8)[C@](C)(O)CC[C@@H]7O[C@]6(C)C[C@]5(C)O[C@@H]4C/C=C\[C@H](C)[C@@H]2O[C@]1(C)[C@H]3O. The maximum Gasteiger partial charge on any atom is 0.306 e. The molecule has 0 amide bonds. The summed E-state index contributed by atoms with van der Waals surface area (Å²) in [6.07, 6.45) is 6.26. The molecule has 0 aliphatic carbocycles. The van der Waals surface area contributed by atoms with Gasteiger partial charge in [-0.1, -0.05) is 65.0 Å². The van der Waals surface area contributed by atoms with E-state index in [0.29, 0.717) is 77.0 Å². The van der Waals surface area contributed by atoms with Crippen molar-refractivity contribution in [3.63, 3.8) is 0 Å². The van der Waals surface area contributed by atoms with Gasteiger partial charge in [0.2, 0.25) is 0 Å². The average Bonchev–Trinajstić information content (AvgIpc) is 1.94. The van der Waals surface area contributed by atoms with E-state index in [2.05, 4.69) is 59.4 Å². The van der Waals surface area contributed by atoms with Crippen molar-refractivity contribution in [3.8, 4) is 0 Å². The monoisotopic (exact) mass is 1200 g/mol. The summed E-state index contributed by atoms with van der Waals surface area (Å²) in [5.74, 6) is -2.60. The molecule has 0 radical (unpaired) electrons. The van der Waals surface area contributed by atoms with Crippen LogP contribution in [0.2, 0.25) is 0 Å². The Balaban J connectivity index is 0.765. The fraction of sp³-hybridized carbons (Fsp3) is 0.864. The van der Waals surface area contributed by atoms with Crippen LogP contribution < -0.4 is 0 Å². The van der Waals surface area contributed by atoms with Gasteiger partial charge in [-0.15, -0.1) is 0 Å². The molecule has 9 fully saturated rings. The minimum absolute atomic E-state index is 0.0312. The van der Waals surface area contributed by atoms with Crippen LogP contribution in [0.4, 0.5) is 0 Å². The Morgan fingerprint density at radius 1 is 0.741 bits per heavy atom. The van der Waals surface area contributed by atoms with Crippen LogP contribution in [0.1, 0.15) is 185 Å². The number of carboxylic acids is 2. The highest BCUT2D eigenvalue weighted by Gasteiger charge is 2.65. The van der Waals surface area contributed by atoms with Crippen LogP contribution in [0.5, 0.6) is 0 Å². The molecule has 9 saturated heterocycles. The molecule has 10 aliphatic rings. The fourth-order valence-electron chi connectivity index (χ4n) is 16.9. The molecule has 480 valence electrons. The highest BCUT2D eigenvalue weighted by molar-refractivity contribution is 5.72. The van der Waals surface area contributed by atoms with Gasteiger partial charge in [0.05, 0.1) is 133 Å². The first-order valence-corrected chi connectivity index (χ1v) is 32.3. The molecule has 19 nitrogen and oxygen atoms in total. The van der Waals surface area contributed by atoms with Crippen molar-refractivity contribution in [3.05, 3.63) is 36.0 Å². The largest absolute Gasteiger partial charge is 0.481 e. The fourth-order valence-corrected chi connectivity index (χ4v) is 16.9. The summed E-state index contributed by atoms with van der Waals surface area (Å²) in [7, 11) is 0. The van der Waals surface area contributed by atoms with E-state index in [1.54, 1.807) is 13.8 Å². The first-order chi connectivity index (χ1) is 39.9. The third-order valence-corrected chi connectivity index (χ3v) is 21.5. The van der Waals surface area contributed by atoms with E-state index in [-0.39, 0.29) is 129 Å². The third kappa shape index (κ3) is 14.0. The van der Waals surface area contributed by atoms with Gasteiger partial charge in [-0.05, 0) is 123 Å². The zero-order chi connectivity index (χ0) is 61.3. The smallest absolute Gasteiger partial charge is 0.306 e. The minimum Gasteiger partial charge on any atom is -0.481 e. The minimum atomic E-state index is -1.21. The number of rotatable bonds is 16. The number of carbonyl (C=O) groups excluding carboxylic acids is 1. The molecule has 10 heterocycles. The Labute approximate surface area is 503 Å². The standard InChI is InChI=1S/C66H102O19/c1-34(20-36(3)32-75-57(72)23-35(2)22-55(68)69)21-46-38(5)25-52-63(9,84-46)31-49-60(81-52)61(73)66(12)54(79-49)30-48-59(85-66)37(4)14-13-15-44-43(77-48)16-17-50-64(10,82-44)33-65(11)53(80-50)29-47-45(83-65)18-19-62(8,74)51(78-47)28-41(67)27-42-24-39(6)58(76-42)40(7)26-56(70)71/h13-14,20,35-37,39-54,58-61,67,73-74H,5,15-19,21-33H2,1-4,6-12H3,(H,68,69)(H,70,71)/b14-13-,34-20+/t35-,36+,37-,39+,40-,41-,42-,43-,44+,45-,46+,47+,48+,49+,50+,51-,52+,53-,54-,58-,59-,60+,61-,62+,63-,64-,65+,66-/m0/s1. The Bertz CT molecular complexity index is 2470. The van der Waals surface area contributed by atoms with E-state index in [1.807, 2.05) is 27.7 Å². The van der Waals surface area contributed by atoms with Gasteiger partial charge in [-0.3, -0.25) is 14.4 Å². The van der Waals surface area contributed by atoms with Crippen molar-refractivity contribution < 1.29 is 92.0 Å². The summed E-state index contributed by atoms with van der Waals surface area (Å²) in [5.41, 5.74) is -2.50. The molecule has 0 spiro atoms. The van der Waals surface area contributed by atoms with Crippen molar-refractivity contribution in [2.75, 3.05) is 6.61 Å². The van der Waals surface area contributed by atoms with Crippen molar-refractivity contribution >= 4 is 17.9 Å². The number of esters is 1. The quantitative estimate of drug-likeness (QED) is 0.0720. The summed E-state index contributed by atoms with van der Waals surface area (Å²) in [6.45, 7) is 26.6. The second-order valence-corrected chi connectivity index (χ2v) is 29.4. The van der Waals surface area contributed by atoms with E-state index >= 15 is 0 Å². The molecular weight excluding hydrogens is 1100 g/mol. The zero-order valence-electron chi connectivity index (χ0n) is 52.4. The molecule has 0 unspecified atom stereocenters. The van der Waals surface area contributed by atoms with Gasteiger partial charge in [0.25, 0.3) is 0 Å². The summed E-state index contributed by atoms with van der Waals surface area (Å²) in [4.78, 5) is 34.9. The van der Waals surface area contributed by atoms with Gasteiger partial charge in [-0.25, -0.2) is 0 Å². The molecule has 0 aromatic rings. The third-order valence-electron chi connectivity index (χ3n) is 21.5. The van der Waals surface area contributed by atoms with E-state index in [4.69, 9.17) is 57.2 Å². The number of aliphatic hydroxyl groups is 3. The summed E-state index contributed by atoms with van der Waals surface area (Å²) < 4.78 is 75.7. The van der Waals surface area contributed by atoms with Crippen LogP contribution in [-0.2, 0) is 66.5 Å². The maximum absolute atomic E-state index is 12.5. The number of carbonyl (C=O) groups is 3. The van der Waals surface area contributed by atoms with Crippen molar-refractivity contribution in [1.82, 2.24) is 0 Å². The predicted octanol–water partition coefficient (Wildman–Crippen LogP) is 8.28. The van der Waals surface area contributed by atoms with Crippen molar-refractivity contribution in [2.24, 2.45) is 29.6 Å². The maximum atomic E-state index is 12.5. The van der Waals surface area contributed by atoms with Crippen LogP contribution >= 0.6 is 0 Å². The van der Waals surface area contributed by atoms with Crippen LogP contribution in [0.15, 0.2) is 36.0 Å². The van der Waals surface area contributed by atoms with E-state index in [1.165, 1.54) is 0 Å². The molecule has 5 N–H and O–H groups in total. The molecular formula is C66H102O19. The van der Waals surface area contributed by atoms with Gasteiger partial charge in [0.15, 0.2) is 0 Å². The van der Waals surface area contributed by atoms with E-state index < -0.39 is 88.6 Å². The number of aliphatic hydroxyl groups excluding tert-OH is 2. The molecule has 0 saturated carbocycles. The van der Waals surface area contributed by atoms with Gasteiger partial charge in [-0.2, -0.15) is 0 Å². The molecule has 10 aliphatic heterocycles. The van der Waals surface area contributed by atoms with E-state index in [0.717, 1.165) is 17.6 Å². The normalized spacial score (nSPS) is 48.0. The van der Waals surface area contributed by atoms with Gasteiger partial charge >= 0.3 is 17.9 Å². The Hall–Kier alpha value is -2.89. The molecule has 85 heavy (non-hydrogen) atoms. The lowest BCUT2D eigenvalue weighted by Crippen LogP contribution is -2.74. The lowest BCUT2D eigenvalue weighted by atomic mass is 9.72. The second kappa shape index (κ2) is 25.4. The first kappa shape index (κ1) is 65.1. The Morgan fingerprint density at radius 3 is 2.20 bits per heavy atom. The lowest BCUT2D eigenvalue weighted by Gasteiger charge is -2.61. The molecule has 19 heteroatoms. The van der Waals surface area contributed by atoms with Crippen LogP contribution in [-0.4, -0.2) is 188 Å². The molecule has 0 aromatic heterocycles. The number of ether oxygens (including phenoxy) is 11. The number of fused-ring (bicyclic) bond motifs is 8. The Morgan fingerprint density at radius 2 is 1.46 bits per heavy atom. The summed E-state index contributed by atoms with van der Waals surface area (Å²) in [6, 6.07) is 0. The lowest BCUT2D eigenvalue weighted by molar-refractivity contribution is -0.369. The van der Waals surface area contributed by atoms with E-state index in [9.17, 15) is 34.8 Å². The topological polar surface area (TPSA) is 254 Å². The summed E-state index contributed by atoms with van der Waals surface area (Å²) >= 11 is 0. The second-order valence-electron chi connectivity index (χ2n) is 29.4. The number of carboxylic acid groups (broad SMARTS) is 2. The molecule has 0 aromatic carbocycles. The van der Waals surface area contributed by atoms with Crippen molar-refractivity contribution in [1.29, 1.82) is 0 Å². The highest BCUT2D eigenvalue weighted by atomic mass is 16.7. The molecule has 28 atom stereocenters. The number of hydrogen-bond donors (Lipinski definition) is 5. The zero-order valence-corrected chi connectivity index (χ0v) is 52.4.